The molecule has 2 N–H and O–H groups in total. The average molecular weight is 239 g/mol. The summed E-state index contributed by atoms with van der Waals surface area (Å²) in [5, 5.41) is 13.4. The Morgan fingerprint density at radius 1 is 1.50 bits per heavy atom. The molecule has 86 valence electrons. The van der Waals surface area contributed by atoms with Gasteiger partial charge in [-0.2, -0.15) is 0 Å². The monoisotopic (exact) mass is 239 g/mol. The molecule has 1 amide bonds. The minimum absolute atomic E-state index is 0.0461. The van der Waals surface area contributed by atoms with E-state index < -0.39 is 5.97 Å². The van der Waals surface area contributed by atoms with Gasteiger partial charge in [0.25, 0.3) is 0 Å². The Morgan fingerprint density at radius 3 is 2.69 bits per heavy atom. The molecule has 0 bridgehead atoms. The molecule has 1 fully saturated rings. The first-order chi connectivity index (χ1) is 7.59. The lowest BCUT2D eigenvalue weighted by Crippen LogP contribution is -2.28. The van der Waals surface area contributed by atoms with Crippen molar-refractivity contribution in [3.63, 3.8) is 0 Å². The number of carbonyl (C=O) groups excluding carboxylic acids is 1. The third kappa shape index (κ3) is 1.95. The zero-order valence-electron chi connectivity index (χ0n) is 8.95. The van der Waals surface area contributed by atoms with Crippen LogP contribution in [0.4, 0.5) is 5.69 Å². The van der Waals surface area contributed by atoms with E-state index in [9.17, 15) is 9.59 Å². The molecule has 0 radical (unpaired) electrons. The van der Waals surface area contributed by atoms with Crippen LogP contribution < -0.4 is 5.32 Å². The zero-order valence-corrected chi connectivity index (χ0v) is 9.76. The molecule has 0 aliphatic heterocycles. The van der Waals surface area contributed by atoms with Gasteiger partial charge in [-0.3, -0.25) is 4.79 Å². The summed E-state index contributed by atoms with van der Waals surface area (Å²) in [6.45, 7) is 1.80. The Bertz CT molecular complexity index is 434. The van der Waals surface area contributed by atoms with Gasteiger partial charge in [-0.15, -0.1) is 11.3 Å². The van der Waals surface area contributed by atoms with Crippen molar-refractivity contribution in [2.24, 2.45) is 5.92 Å². The highest BCUT2D eigenvalue weighted by atomic mass is 32.1. The van der Waals surface area contributed by atoms with Crippen LogP contribution in [0.3, 0.4) is 0 Å². The first-order valence-corrected chi connectivity index (χ1v) is 6.10. The third-order valence-electron chi connectivity index (χ3n) is 2.89. The highest BCUT2D eigenvalue weighted by molar-refractivity contribution is 7.12. The number of hydrogen-bond donors (Lipinski definition) is 2. The number of carboxylic acids is 1. The summed E-state index contributed by atoms with van der Waals surface area (Å²) >= 11 is 1.15. The maximum absolute atomic E-state index is 11.7. The van der Waals surface area contributed by atoms with E-state index in [1.807, 2.05) is 0 Å². The van der Waals surface area contributed by atoms with E-state index in [1.54, 1.807) is 12.3 Å². The third-order valence-corrected chi connectivity index (χ3v) is 3.98. The number of nitrogens with one attached hydrogen (secondary N) is 1. The van der Waals surface area contributed by atoms with Crippen molar-refractivity contribution in [1.29, 1.82) is 0 Å². The fourth-order valence-corrected chi connectivity index (χ4v) is 2.50. The molecule has 1 saturated carbocycles. The van der Waals surface area contributed by atoms with Gasteiger partial charge in [-0.1, -0.05) is 6.42 Å². The Kier molecular flexibility index (Phi) is 2.96. The van der Waals surface area contributed by atoms with E-state index in [0.717, 1.165) is 36.2 Å². The smallest absolute Gasteiger partial charge is 0.348 e. The van der Waals surface area contributed by atoms with Crippen LogP contribution in [0.2, 0.25) is 0 Å². The molecule has 1 aliphatic carbocycles. The predicted molar refractivity (Wildman–Crippen MR) is 62.0 cm³/mol. The second-order valence-corrected chi connectivity index (χ2v) is 4.92. The maximum atomic E-state index is 11.7. The number of aryl methyl sites for hydroxylation is 1. The average Bonchev–Trinajstić information content (AvgIpc) is 2.45. The number of aromatic carboxylic acids is 1. The number of amides is 1. The lowest BCUT2D eigenvalue weighted by Gasteiger charge is -2.24. The number of thiophene rings is 1. The summed E-state index contributed by atoms with van der Waals surface area (Å²) < 4.78 is 0. The molecule has 0 unspecified atom stereocenters. The fraction of sp³-hybridized carbons (Fsp3) is 0.455. The maximum Gasteiger partial charge on any atom is 0.348 e. The van der Waals surface area contributed by atoms with E-state index in [-0.39, 0.29) is 16.7 Å². The fourth-order valence-electron chi connectivity index (χ4n) is 1.65. The van der Waals surface area contributed by atoms with Gasteiger partial charge in [0.05, 0.1) is 5.69 Å². The van der Waals surface area contributed by atoms with E-state index in [2.05, 4.69) is 5.32 Å². The minimum Gasteiger partial charge on any atom is -0.477 e. The van der Waals surface area contributed by atoms with Gasteiger partial charge in [0.2, 0.25) is 5.91 Å². The highest BCUT2D eigenvalue weighted by Gasteiger charge is 2.27. The molecule has 1 aliphatic rings. The molecule has 1 aromatic heterocycles. The largest absolute Gasteiger partial charge is 0.477 e. The van der Waals surface area contributed by atoms with Gasteiger partial charge < -0.3 is 10.4 Å². The molecular weight excluding hydrogens is 226 g/mol. The van der Waals surface area contributed by atoms with Crippen molar-refractivity contribution in [1.82, 2.24) is 0 Å². The number of rotatable bonds is 3. The van der Waals surface area contributed by atoms with Crippen molar-refractivity contribution in [3.05, 3.63) is 15.8 Å². The molecule has 0 atom stereocenters. The van der Waals surface area contributed by atoms with Crippen LogP contribution in [0, 0.1) is 12.8 Å². The summed E-state index contributed by atoms with van der Waals surface area (Å²) in [4.78, 5) is 22.9. The molecule has 4 nitrogen and oxygen atoms in total. The number of carboxylic acid groups (broad SMARTS) is 1. The van der Waals surface area contributed by atoms with Gasteiger partial charge in [0.1, 0.15) is 4.88 Å². The first-order valence-electron chi connectivity index (χ1n) is 5.22. The van der Waals surface area contributed by atoms with Gasteiger partial charge in [0, 0.05) is 5.92 Å². The summed E-state index contributed by atoms with van der Waals surface area (Å²) in [5.41, 5.74) is 1.28. The van der Waals surface area contributed by atoms with Gasteiger partial charge in [0.15, 0.2) is 0 Å². The molecule has 0 saturated heterocycles. The Labute approximate surface area is 97.3 Å². The summed E-state index contributed by atoms with van der Waals surface area (Å²) in [6.07, 6.45) is 2.92. The van der Waals surface area contributed by atoms with Crippen LogP contribution in [-0.2, 0) is 4.79 Å². The summed E-state index contributed by atoms with van der Waals surface area (Å²) in [6, 6.07) is 0. The van der Waals surface area contributed by atoms with E-state index >= 15 is 0 Å². The first kappa shape index (κ1) is 11.1. The highest BCUT2D eigenvalue weighted by Crippen LogP contribution is 2.31. The van der Waals surface area contributed by atoms with Gasteiger partial charge >= 0.3 is 5.97 Å². The van der Waals surface area contributed by atoms with Crippen LogP contribution in [0.15, 0.2) is 5.38 Å². The second-order valence-electron chi connectivity index (χ2n) is 4.05. The van der Waals surface area contributed by atoms with Crippen LogP contribution in [0.1, 0.15) is 34.5 Å². The van der Waals surface area contributed by atoms with E-state index in [4.69, 9.17) is 5.11 Å². The zero-order chi connectivity index (χ0) is 11.7. The molecule has 1 heterocycles. The predicted octanol–water partition coefficient (Wildman–Crippen LogP) is 2.49. The van der Waals surface area contributed by atoms with Crippen LogP contribution in [0.5, 0.6) is 0 Å². The molecule has 1 aromatic rings. The molecule has 16 heavy (non-hydrogen) atoms. The van der Waals surface area contributed by atoms with Crippen LogP contribution >= 0.6 is 11.3 Å². The lowest BCUT2D eigenvalue weighted by atomic mass is 9.85. The summed E-state index contributed by atoms with van der Waals surface area (Å²) in [7, 11) is 0. The Hall–Kier alpha value is -1.36. The van der Waals surface area contributed by atoms with Crippen LogP contribution in [0.25, 0.3) is 0 Å². The number of anilines is 1. The van der Waals surface area contributed by atoms with Crippen molar-refractivity contribution < 1.29 is 14.7 Å². The van der Waals surface area contributed by atoms with Crippen LogP contribution in [-0.4, -0.2) is 17.0 Å². The summed E-state index contributed by atoms with van der Waals surface area (Å²) in [5.74, 6) is -0.960. The van der Waals surface area contributed by atoms with E-state index in [0.29, 0.717) is 5.69 Å². The van der Waals surface area contributed by atoms with Crippen molar-refractivity contribution in [2.45, 2.75) is 26.2 Å². The van der Waals surface area contributed by atoms with Crippen molar-refractivity contribution in [2.75, 3.05) is 5.32 Å². The quantitative estimate of drug-likeness (QED) is 0.851. The van der Waals surface area contributed by atoms with Crippen molar-refractivity contribution >= 4 is 28.9 Å². The molecule has 5 heteroatoms. The van der Waals surface area contributed by atoms with Crippen molar-refractivity contribution in [3.8, 4) is 0 Å². The molecule has 2 rings (SSSR count). The number of hydrogen-bond acceptors (Lipinski definition) is 3. The van der Waals surface area contributed by atoms with E-state index in [1.165, 1.54) is 0 Å². The second kappa shape index (κ2) is 4.25. The minimum atomic E-state index is -0.984. The number of carbonyl (C=O) groups is 2. The lowest BCUT2D eigenvalue weighted by molar-refractivity contribution is -0.122. The SMILES string of the molecule is Cc1csc(C(=O)O)c1NC(=O)C1CCC1. The topological polar surface area (TPSA) is 66.4 Å². The van der Waals surface area contributed by atoms with Gasteiger partial charge in [-0.05, 0) is 30.7 Å². The molecule has 0 spiro atoms. The normalized spacial score (nSPS) is 15.6. The molecular formula is C11H13NO3S. The molecule has 0 aromatic carbocycles. The Morgan fingerprint density at radius 2 is 2.19 bits per heavy atom. The van der Waals surface area contributed by atoms with Gasteiger partial charge in [-0.25, -0.2) is 4.79 Å². The Balaban J connectivity index is 2.16. The standard InChI is InChI=1S/C11H13NO3S/c1-6-5-16-9(11(14)15)8(6)12-10(13)7-3-2-4-7/h5,7H,2-4H2,1H3,(H,12,13)(H,14,15).